The first kappa shape index (κ1) is 17.0. The normalized spacial score (nSPS) is 13.0. The van der Waals surface area contributed by atoms with Gasteiger partial charge in [0.05, 0.1) is 6.10 Å². The van der Waals surface area contributed by atoms with Crippen LogP contribution in [0, 0.1) is 11.8 Å². The van der Waals surface area contributed by atoms with Gasteiger partial charge >= 0.3 is 0 Å². The third kappa shape index (κ3) is 5.96. The van der Waals surface area contributed by atoms with Gasteiger partial charge in [-0.1, -0.05) is 39.8 Å². The van der Waals surface area contributed by atoms with Crippen LogP contribution in [0.25, 0.3) is 0 Å². The third-order valence-corrected chi connectivity index (χ3v) is 3.69. The highest BCUT2D eigenvalue weighted by Gasteiger charge is 2.09. The molecule has 114 valence electrons. The van der Waals surface area contributed by atoms with E-state index in [1.54, 1.807) is 0 Å². The van der Waals surface area contributed by atoms with E-state index in [0.29, 0.717) is 0 Å². The molecule has 1 atom stereocenters. The molecule has 0 spiro atoms. The Morgan fingerprint density at radius 3 is 1.65 bits per heavy atom. The number of aliphatic hydroxyl groups excluding tert-OH is 1. The molecular weight excluding hydrogens is 246 g/mol. The second kappa shape index (κ2) is 8.31. The highest BCUT2D eigenvalue weighted by atomic mass is 16.3. The molecule has 0 saturated carbocycles. The van der Waals surface area contributed by atoms with Crippen molar-refractivity contribution in [2.24, 2.45) is 11.8 Å². The highest BCUT2D eigenvalue weighted by molar-refractivity contribution is 5.47. The maximum Gasteiger partial charge on any atom is 0.0761 e. The number of hydrogen-bond donors (Lipinski definition) is 1. The van der Waals surface area contributed by atoms with Gasteiger partial charge in [-0.15, -0.1) is 0 Å². The summed E-state index contributed by atoms with van der Waals surface area (Å²) in [4.78, 5) is 2.48. The topological polar surface area (TPSA) is 23.5 Å². The number of benzene rings is 1. The van der Waals surface area contributed by atoms with E-state index >= 15 is 0 Å². The molecule has 0 aliphatic heterocycles. The second-order valence-corrected chi connectivity index (χ2v) is 6.62. The molecule has 2 heteroatoms. The Kier molecular flexibility index (Phi) is 7.08. The maximum absolute atomic E-state index is 9.59. The molecule has 0 aliphatic carbocycles. The summed E-state index contributed by atoms with van der Waals surface area (Å²) in [6.45, 7) is 13.1. The fourth-order valence-electron chi connectivity index (χ4n) is 2.16. The van der Waals surface area contributed by atoms with Crippen LogP contribution >= 0.6 is 0 Å². The Morgan fingerprint density at radius 1 is 0.850 bits per heavy atom. The van der Waals surface area contributed by atoms with Gasteiger partial charge < -0.3 is 10.0 Å². The van der Waals surface area contributed by atoms with E-state index in [2.05, 4.69) is 44.7 Å². The standard InChI is InChI=1S/C18H31NO/c1-14(2)10-12-19(13-11-15(3)4)18-8-6-17(7-9-18)16(5)20/h6-9,14-16,20H,10-13H2,1-5H3. The van der Waals surface area contributed by atoms with Gasteiger partial charge in [0.15, 0.2) is 0 Å². The lowest BCUT2D eigenvalue weighted by Crippen LogP contribution is -2.27. The highest BCUT2D eigenvalue weighted by Crippen LogP contribution is 2.21. The van der Waals surface area contributed by atoms with E-state index in [-0.39, 0.29) is 6.10 Å². The average molecular weight is 277 g/mol. The zero-order valence-corrected chi connectivity index (χ0v) is 13.8. The van der Waals surface area contributed by atoms with Crippen molar-refractivity contribution in [1.29, 1.82) is 0 Å². The van der Waals surface area contributed by atoms with Gasteiger partial charge in [-0.25, -0.2) is 0 Å². The molecule has 0 heterocycles. The van der Waals surface area contributed by atoms with Crippen molar-refractivity contribution in [2.45, 2.75) is 53.6 Å². The van der Waals surface area contributed by atoms with Crippen molar-refractivity contribution in [3.63, 3.8) is 0 Å². The fourth-order valence-corrected chi connectivity index (χ4v) is 2.16. The minimum Gasteiger partial charge on any atom is -0.389 e. The summed E-state index contributed by atoms with van der Waals surface area (Å²) in [5, 5.41) is 9.59. The van der Waals surface area contributed by atoms with Gasteiger partial charge in [-0.2, -0.15) is 0 Å². The molecular formula is C18H31NO. The van der Waals surface area contributed by atoms with E-state index in [4.69, 9.17) is 0 Å². The Labute approximate surface area is 124 Å². The number of nitrogens with zero attached hydrogens (tertiary/aromatic N) is 1. The molecule has 0 aliphatic rings. The summed E-state index contributed by atoms with van der Waals surface area (Å²) < 4.78 is 0. The maximum atomic E-state index is 9.59. The molecule has 0 fully saturated rings. The Bertz CT molecular complexity index is 356. The monoisotopic (exact) mass is 277 g/mol. The molecule has 0 saturated heterocycles. The van der Waals surface area contributed by atoms with E-state index in [9.17, 15) is 5.11 Å². The molecule has 1 rings (SSSR count). The summed E-state index contributed by atoms with van der Waals surface area (Å²) >= 11 is 0. The first-order chi connectivity index (χ1) is 9.40. The second-order valence-electron chi connectivity index (χ2n) is 6.62. The summed E-state index contributed by atoms with van der Waals surface area (Å²) in [7, 11) is 0. The van der Waals surface area contributed by atoms with Crippen LogP contribution in [0.5, 0.6) is 0 Å². The van der Waals surface area contributed by atoms with Crippen molar-refractivity contribution >= 4 is 5.69 Å². The van der Waals surface area contributed by atoms with Gasteiger partial charge in [0, 0.05) is 18.8 Å². The molecule has 20 heavy (non-hydrogen) atoms. The number of aliphatic hydroxyl groups is 1. The van der Waals surface area contributed by atoms with E-state index in [0.717, 1.165) is 30.5 Å². The zero-order valence-electron chi connectivity index (χ0n) is 13.8. The predicted molar refractivity (Wildman–Crippen MR) is 88.2 cm³/mol. The van der Waals surface area contributed by atoms with Gasteiger partial charge in [0.1, 0.15) is 0 Å². The number of anilines is 1. The van der Waals surface area contributed by atoms with Crippen molar-refractivity contribution < 1.29 is 5.11 Å². The smallest absolute Gasteiger partial charge is 0.0761 e. The summed E-state index contributed by atoms with van der Waals surface area (Å²) in [6.07, 6.45) is 2.05. The number of hydrogen-bond acceptors (Lipinski definition) is 2. The predicted octanol–water partition coefficient (Wildman–Crippen LogP) is 4.64. The fraction of sp³-hybridized carbons (Fsp3) is 0.667. The van der Waals surface area contributed by atoms with Crippen LogP contribution in [0.4, 0.5) is 5.69 Å². The van der Waals surface area contributed by atoms with Crippen LogP contribution in [0.3, 0.4) is 0 Å². The van der Waals surface area contributed by atoms with Crippen molar-refractivity contribution in [2.75, 3.05) is 18.0 Å². The molecule has 2 nitrogen and oxygen atoms in total. The minimum atomic E-state index is -0.385. The molecule has 0 aromatic heterocycles. The van der Waals surface area contributed by atoms with Gasteiger partial charge in [-0.05, 0) is 49.3 Å². The summed E-state index contributed by atoms with van der Waals surface area (Å²) in [6, 6.07) is 8.36. The molecule has 0 amide bonds. The quantitative estimate of drug-likeness (QED) is 0.748. The van der Waals surface area contributed by atoms with Crippen molar-refractivity contribution in [3.05, 3.63) is 29.8 Å². The molecule has 1 aromatic rings. The van der Waals surface area contributed by atoms with Crippen LogP contribution in [-0.4, -0.2) is 18.2 Å². The first-order valence-corrected chi connectivity index (χ1v) is 7.93. The van der Waals surface area contributed by atoms with Crippen LogP contribution in [0.15, 0.2) is 24.3 Å². The molecule has 0 bridgehead atoms. The first-order valence-electron chi connectivity index (χ1n) is 7.93. The number of rotatable bonds is 8. The molecule has 0 radical (unpaired) electrons. The van der Waals surface area contributed by atoms with Gasteiger partial charge in [0.25, 0.3) is 0 Å². The summed E-state index contributed by atoms with van der Waals surface area (Å²) in [5.41, 5.74) is 2.26. The third-order valence-electron chi connectivity index (χ3n) is 3.69. The molecule has 1 N–H and O–H groups in total. The van der Waals surface area contributed by atoms with Gasteiger partial charge in [-0.3, -0.25) is 0 Å². The average Bonchev–Trinajstić information content (AvgIpc) is 2.38. The van der Waals surface area contributed by atoms with E-state index in [1.165, 1.54) is 18.5 Å². The van der Waals surface area contributed by atoms with Crippen molar-refractivity contribution in [3.8, 4) is 0 Å². The Hall–Kier alpha value is -1.02. The zero-order chi connectivity index (χ0) is 15.1. The van der Waals surface area contributed by atoms with Crippen molar-refractivity contribution in [1.82, 2.24) is 0 Å². The van der Waals surface area contributed by atoms with Crippen LogP contribution < -0.4 is 4.90 Å². The Balaban J connectivity index is 2.74. The summed E-state index contributed by atoms with van der Waals surface area (Å²) in [5.74, 6) is 1.46. The van der Waals surface area contributed by atoms with E-state index in [1.807, 2.05) is 19.1 Å². The van der Waals surface area contributed by atoms with Crippen LogP contribution in [-0.2, 0) is 0 Å². The SMILES string of the molecule is CC(C)CCN(CCC(C)C)c1ccc(C(C)O)cc1. The minimum absolute atomic E-state index is 0.385. The van der Waals surface area contributed by atoms with E-state index < -0.39 is 0 Å². The Morgan fingerprint density at radius 2 is 1.30 bits per heavy atom. The molecule has 1 aromatic carbocycles. The van der Waals surface area contributed by atoms with Crippen LogP contribution in [0.2, 0.25) is 0 Å². The van der Waals surface area contributed by atoms with Gasteiger partial charge in [0.2, 0.25) is 0 Å². The molecule has 1 unspecified atom stereocenters. The van der Waals surface area contributed by atoms with Crippen LogP contribution in [0.1, 0.15) is 59.1 Å². The largest absolute Gasteiger partial charge is 0.389 e. The lowest BCUT2D eigenvalue weighted by molar-refractivity contribution is 0.199. The lowest BCUT2D eigenvalue weighted by Gasteiger charge is -2.27. The lowest BCUT2D eigenvalue weighted by atomic mass is 10.1.